The van der Waals surface area contributed by atoms with Crippen molar-refractivity contribution in [3.63, 3.8) is 0 Å². The zero-order chi connectivity index (χ0) is 11.8. The van der Waals surface area contributed by atoms with E-state index in [0.29, 0.717) is 0 Å². The molecule has 0 spiro atoms. The third-order valence-electron chi connectivity index (χ3n) is 2.40. The van der Waals surface area contributed by atoms with Crippen molar-refractivity contribution < 1.29 is 4.74 Å². The van der Waals surface area contributed by atoms with E-state index in [2.05, 4.69) is 17.0 Å². The molecule has 0 heterocycles. The Balaban J connectivity index is 2.33. The fourth-order valence-corrected chi connectivity index (χ4v) is 1.40. The number of nitrogens with zero attached hydrogens (tertiary/aromatic N) is 1. The van der Waals surface area contributed by atoms with Crippen LogP contribution in [0.15, 0.2) is 24.3 Å². The van der Waals surface area contributed by atoms with E-state index in [1.165, 1.54) is 5.56 Å². The van der Waals surface area contributed by atoms with E-state index in [9.17, 15) is 0 Å². The standard InChI is InChI=1S/C13H22N2O/c1-15(2)10-11-16-13-7-5-12(6-8-13)4-3-9-14/h5-8H,3-4,9-11,14H2,1-2H3. The predicted molar refractivity (Wildman–Crippen MR) is 67.9 cm³/mol. The number of hydrogen-bond acceptors (Lipinski definition) is 3. The molecule has 3 nitrogen and oxygen atoms in total. The van der Waals surface area contributed by atoms with Gasteiger partial charge in [-0.1, -0.05) is 12.1 Å². The summed E-state index contributed by atoms with van der Waals surface area (Å²) in [5.41, 5.74) is 6.80. The third-order valence-corrected chi connectivity index (χ3v) is 2.40. The quantitative estimate of drug-likeness (QED) is 0.760. The first-order chi connectivity index (χ1) is 7.72. The maximum absolute atomic E-state index is 5.61. The normalized spacial score (nSPS) is 10.8. The summed E-state index contributed by atoms with van der Waals surface area (Å²) in [5, 5.41) is 0. The Morgan fingerprint density at radius 3 is 2.44 bits per heavy atom. The van der Waals surface area contributed by atoms with Gasteiger partial charge in [0.1, 0.15) is 12.4 Å². The van der Waals surface area contributed by atoms with E-state index < -0.39 is 0 Å². The Morgan fingerprint density at radius 2 is 1.88 bits per heavy atom. The Bertz CT molecular complexity index is 282. The lowest BCUT2D eigenvalue weighted by Crippen LogP contribution is -2.19. The van der Waals surface area contributed by atoms with Gasteiger partial charge in [0, 0.05) is 6.54 Å². The van der Waals surface area contributed by atoms with Crippen LogP contribution in [-0.4, -0.2) is 38.7 Å². The van der Waals surface area contributed by atoms with Crippen LogP contribution in [0.2, 0.25) is 0 Å². The average Bonchev–Trinajstić information content (AvgIpc) is 2.27. The molecule has 1 aromatic carbocycles. The molecule has 0 saturated heterocycles. The van der Waals surface area contributed by atoms with Crippen molar-refractivity contribution in [2.45, 2.75) is 12.8 Å². The van der Waals surface area contributed by atoms with Crippen molar-refractivity contribution in [2.75, 3.05) is 33.8 Å². The summed E-state index contributed by atoms with van der Waals surface area (Å²) >= 11 is 0. The van der Waals surface area contributed by atoms with Crippen LogP contribution in [0.4, 0.5) is 0 Å². The van der Waals surface area contributed by atoms with Crippen molar-refractivity contribution in [1.82, 2.24) is 4.90 Å². The van der Waals surface area contributed by atoms with Crippen molar-refractivity contribution in [2.24, 2.45) is 5.73 Å². The fraction of sp³-hybridized carbons (Fsp3) is 0.538. The molecule has 0 unspecified atom stereocenters. The van der Waals surface area contributed by atoms with E-state index in [1.54, 1.807) is 0 Å². The molecule has 0 fully saturated rings. The minimum atomic E-state index is 0.731. The van der Waals surface area contributed by atoms with Gasteiger partial charge in [0.25, 0.3) is 0 Å². The molecule has 0 bridgehead atoms. The zero-order valence-electron chi connectivity index (χ0n) is 10.3. The molecular formula is C13H22N2O. The van der Waals surface area contributed by atoms with Gasteiger partial charge in [-0.25, -0.2) is 0 Å². The second kappa shape index (κ2) is 7.25. The second-order valence-corrected chi connectivity index (χ2v) is 4.19. The molecule has 0 radical (unpaired) electrons. The lowest BCUT2D eigenvalue weighted by molar-refractivity contribution is 0.261. The Labute approximate surface area is 98.2 Å². The van der Waals surface area contributed by atoms with Crippen LogP contribution in [0.5, 0.6) is 5.75 Å². The summed E-state index contributed by atoms with van der Waals surface area (Å²) in [6.07, 6.45) is 2.09. The van der Waals surface area contributed by atoms with E-state index in [4.69, 9.17) is 10.5 Å². The maximum atomic E-state index is 5.61. The lowest BCUT2D eigenvalue weighted by Gasteiger charge is -2.11. The molecule has 16 heavy (non-hydrogen) atoms. The van der Waals surface area contributed by atoms with Crippen LogP contribution in [0, 0.1) is 0 Å². The monoisotopic (exact) mass is 222 g/mol. The smallest absolute Gasteiger partial charge is 0.119 e. The van der Waals surface area contributed by atoms with Gasteiger partial charge >= 0.3 is 0 Å². The van der Waals surface area contributed by atoms with Gasteiger partial charge in [-0.3, -0.25) is 0 Å². The van der Waals surface area contributed by atoms with E-state index in [0.717, 1.165) is 38.3 Å². The summed E-state index contributed by atoms with van der Waals surface area (Å²) in [5.74, 6) is 0.943. The van der Waals surface area contributed by atoms with E-state index in [-0.39, 0.29) is 0 Å². The summed E-state index contributed by atoms with van der Waals surface area (Å²) in [6, 6.07) is 8.28. The molecule has 0 amide bonds. The van der Waals surface area contributed by atoms with E-state index >= 15 is 0 Å². The van der Waals surface area contributed by atoms with Crippen LogP contribution in [0.1, 0.15) is 12.0 Å². The van der Waals surface area contributed by atoms with Crippen LogP contribution in [-0.2, 0) is 6.42 Å². The van der Waals surface area contributed by atoms with Crippen molar-refractivity contribution in [3.8, 4) is 5.75 Å². The Kier molecular flexibility index (Phi) is 5.90. The van der Waals surface area contributed by atoms with Crippen LogP contribution in [0.25, 0.3) is 0 Å². The lowest BCUT2D eigenvalue weighted by atomic mass is 10.1. The second-order valence-electron chi connectivity index (χ2n) is 4.19. The summed E-state index contributed by atoms with van der Waals surface area (Å²) in [6.45, 7) is 2.42. The topological polar surface area (TPSA) is 38.5 Å². The minimum absolute atomic E-state index is 0.731. The first-order valence-corrected chi connectivity index (χ1v) is 5.79. The summed E-state index contributed by atoms with van der Waals surface area (Å²) < 4.78 is 5.61. The summed E-state index contributed by atoms with van der Waals surface area (Å²) in [7, 11) is 4.08. The molecule has 0 aliphatic carbocycles. The number of likely N-dealkylation sites (N-methyl/N-ethyl adjacent to an activating group) is 1. The first kappa shape index (κ1) is 13.0. The molecule has 0 saturated carbocycles. The van der Waals surface area contributed by atoms with Gasteiger partial charge in [0.15, 0.2) is 0 Å². The summed E-state index contributed by atoms with van der Waals surface area (Å²) in [4.78, 5) is 2.11. The highest BCUT2D eigenvalue weighted by molar-refractivity contribution is 5.27. The molecule has 2 N–H and O–H groups in total. The molecule has 1 rings (SSSR count). The van der Waals surface area contributed by atoms with E-state index in [1.807, 2.05) is 26.2 Å². The number of hydrogen-bond donors (Lipinski definition) is 1. The number of rotatable bonds is 7. The van der Waals surface area contributed by atoms with Crippen LogP contribution >= 0.6 is 0 Å². The van der Waals surface area contributed by atoms with Crippen molar-refractivity contribution >= 4 is 0 Å². The molecule has 0 aliphatic heterocycles. The molecule has 0 aromatic heterocycles. The van der Waals surface area contributed by atoms with Crippen LogP contribution < -0.4 is 10.5 Å². The molecule has 3 heteroatoms. The van der Waals surface area contributed by atoms with Crippen LogP contribution in [0.3, 0.4) is 0 Å². The number of ether oxygens (including phenoxy) is 1. The number of aryl methyl sites for hydroxylation is 1. The molecule has 0 aliphatic rings. The van der Waals surface area contributed by atoms with Crippen molar-refractivity contribution in [1.29, 1.82) is 0 Å². The van der Waals surface area contributed by atoms with Gasteiger partial charge in [-0.15, -0.1) is 0 Å². The van der Waals surface area contributed by atoms with Gasteiger partial charge in [0.2, 0.25) is 0 Å². The Hall–Kier alpha value is -1.06. The molecule has 90 valence electrons. The highest BCUT2D eigenvalue weighted by Crippen LogP contribution is 2.13. The highest BCUT2D eigenvalue weighted by Gasteiger charge is 1.96. The third kappa shape index (κ3) is 5.14. The zero-order valence-corrected chi connectivity index (χ0v) is 10.3. The average molecular weight is 222 g/mol. The van der Waals surface area contributed by atoms with Gasteiger partial charge < -0.3 is 15.4 Å². The molecular weight excluding hydrogens is 200 g/mol. The highest BCUT2D eigenvalue weighted by atomic mass is 16.5. The number of benzene rings is 1. The molecule has 1 aromatic rings. The minimum Gasteiger partial charge on any atom is -0.492 e. The van der Waals surface area contributed by atoms with Gasteiger partial charge in [0.05, 0.1) is 0 Å². The Morgan fingerprint density at radius 1 is 1.19 bits per heavy atom. The van der Waals surface area contributed by atoms with Gasteiger partial charge in [-0.05, 0) is 51.2 Å². The van der Waals surface area contributed by atoms with Gasteiger partial charge in [-0.2, -0.15) is 0 Å². The van der Waals surface area contributed by atoms with Crippen molar-refractivity contribution in [3.05, 3.63) is 29.8 Å². The SMILES string of the molecule is CN(C)CCOc1ccc(CCCN)cc1. The fourth-order valence-electron chi connectivity index (χ4n) is 1.40. The largest absolute Gasteiger partial charge is 0.492 e. The first-order valence-electron chi connectivity index (χ1n) is 5.79. The maximum Gasteiger partial charge on any atom is 0.119 e. The molecule has 0 atom stereocenters. The number of nitrogens with two attached hydrogens (primary N) is 1. The predicted octanol–water partition coefficient (Wildman–Crippen LogP) is 1.52.